The van der Waals surface area contributed by atoms with Gasteiger partial charge in [-0.3, -0.25) is 4.79 Å². The van der Waals surface area contributed by atoms with Crippen LogP contribution in [-0.4, -0.2) is 31.1 Å². The molecule has 0 atom stereocenters. The largest absolute Gasteiger partial charge is 0.356 e. The second-order valence-corrected chi connectivity index (χ2v) is 4.79. The number of carbonyl (C=O) groups excluding carboxylic acids is 2. The van der Waals surface area contributed by atoms with Crippen LogP contribution >= 0.6 is 0 Å². The molecule has 3 amide bonds. The van der Waals surface area contributed by atoms with Crippen LogP contribution in [0.25, 0.3) is 0 Å². The van der Waals surface area contributed by atoms with Gasteiger partial charge in [0, 0.05) is 25.6 Å². The molecule has 104 valence electrons. The molecule has 1 saturated carbocycles. The second-order valence-electron chi connectivity index (χ2n) is 4.79. The molecule has 1 rings (SSSR count). The molecule has 0 aromatic heterocycles. The summed E-state index contributed by atoms with van der Waals surface area (Å²) in [6.45, 7) is 3.11. The van der Waals surface area contributed by atoms with Crippen molar-refractivity contribution in [2.75, 3.05) is 13.1 Å². The van der Waals surface area contributed by atoms with Gasteiger partial charge >= 0.3 is 6.03 Å². The summed E-state index contributed by atoms with van der Waals surface area (Å²) in [5.74, 6) is 0.0481. The Bertz CT molecular complexity index is 263. The van der Waals surface area contributed by atoms with Crippen LogP contribution in [0.15, 0.2) is 0 Å². The molecule has 0 saturated heterocycles. The first-order valence-corrected chi connectivity index (χ1v) is 7.03. The lowest BCUT2D eigenvalue weighted by Crippen LogP contribution is -2.43. The molecule has 5 nitrogen and oxygen atoms in total. The maximum Gasteiger partial charge on any atom is 0.315 e. The molecular weight excluding hydrogens is 230 g/mol. The molecule has 3 N–H and O–H groups in total. The third-order valence-electron chi connectivity index (χ3n) is 3.18. The SMILES string of the molecule is CCNC(=O)CCCNC(=O)NC1CCCCC1. The molecule has 0 radical (unpaired) electrons. The first-order valence-electron chi connectivity index (χ1n) is 7.03. The molecule has 1 aliphatic carbocycles. The lowest BCUT2D eigenvalue weighted by molar-refractivity contribution is -0.121. The number of nitrogens with one attached hydrogen (secondary N) is 3. The van der Waals surface area contributed by atoms with Gasteiger partial charge in [0.1, 0.15) is 0 Å². The van der Waals surface area contributed by atoms with Gasteiger partial charge in [0.2, 0.25) is 5.91 Å². The number of hydrogen-bond donors (Lipinski definition) is 3. The summed E-state index contributed by atoms with van der Waals surface area (Å²) in [4.78, 5) is 22.7. The van der Waals surface area contributed by atoms with E-state index in [0.717, 1.165) is 12.8 Å². The molecule has 0 heterocycles. The van der Waals surface area contributed by atoms with Crippen LogP contribution in [0.4, 0.5) is 4.79 Å². The lowest BCUT2D eigenvalue weighted by atomic mass is 9.96. The van der Waals surface area contributed by atoms with E-state index < -0.39 is 0 Å². The molecule has 1 fully saturated rings. The van der Waals surface area contributed by atoms with Crippen molar-refractivity contribution in [3.8, 4) is 0 Å². The van der Waals surface area contributed by atoms with Crippen LogP contribution < -0.4 is 16.0 Å². The fourth-order valence-electron chi connectivity index (χ4n) is 2.22. The summed E-state index contributed by atoms with van der Waals surface area (Å²) >= 11 is 0. The number of urea groups is 1. The minimum atomic E-state index is -0.0993. The van der Waals surface area contributed by atoms with E-state index in [9.17, 15) is 9.59 Å². The van der Waals surface area contributed by atoms with E-state index in [4.69, 9.17) is 0 Å². The fraction of sp³-hybridized carbons (Fsp3) is 0.846. The van der Waals surface area contributed by atoms with Crippen molar-refractivity contribution in [2.24, 2.45) is 0 Å². The smallest absolute Gasteiger partial charge is 0.315 e. The summed E-state index contributed by atoms with van der Waals surface area (Å²) in [6.07, 6.45) is 7.04. The van der Waals surface area contributed by atoms with Crippen LogP contribution in [0, 0.1) is 0 Å². The van der Waals surface area contributed by atoms with Crippen LogP contribution in [0.3, 0.4) is 0 Å². The normalized spacial score (nSPS) is 16.1. The molecule has 18 heavy (non-hydrogen) atoms. The van der Waals surface area contributed by atoms with E-state index in [1.165, 1.54) is 19.3 Å². The highest BCUT2D eigenvalue weighted by molar-refractivity contribution is 5.76. The van der Waals surface area contributed by atoms with Crippen molar-refractivity contribution in [1.29, 1.82) is 0 Å². The van der Waals surface area contributed by atoms with Gasteiger partial charge in [0.25, 0.3) is 0 Å². The molecule has 0 unspecified atom stereocenters. The Kier molecular flexibility index (Phi) is 7.22. The standard InChI is InChI=1S/C13H25N3O2/c1-2-14-12(17)9-6-10-15-13(18)16-11-7-4-3-5-8-11/h11H,2-10H2,1H3,(H,14,17)(H2,15,16,18). The Morgan fingerprint density at radius 2 is 1.83 bits per heavy atom. The average Bonchev–Trinajstić information content (AvgIpc) is 2.36. The third-order valence-corrected chi connectivity index (χ3v) is 3.18. The molecule has 0 aliphatic heterocycles. The minimum Gasteiger partial charge on any atom is -0.356 e. The van der Waals surface area contributed by atoms with E-state index in [1.54, 1.807) is 0 Å². The van der Waals surface area contributed by atoms with Crippen molar-refractivity contribution in [1.82, 2.24) is 16.0 Å². The minimum absolute atomic E-state index is 0.0481. The van der Waals surface area contributed by atoms with Crippen molar-refractivity contribution in [3.05, 3.63) is 0 Å². The van der Waals surface area contributed by atoms with Gasteiger partial charge in [0.15, 0.2) is 0 Å². The Morgan fingerprint density at radius 1 is 1.11 bits per heavy atom. The van der Waals surface area contributed by atoms with E-state index in [2.05, 4.69) is 16.0 Å². The van der Waals surface area contributed by atoms with Gasteiger partial charge in [-0.2, -0.15) is 0 Å². The topological polar surface area (TPSA) is 70.2 Å². The molecular formula is C13H25N3O2. The molecule has 0 spiro atoms. The lowest BCUT2D eigenvalue weighted by Gasteiger charge is -2.22. The Hall–Kier alpha value is -1.26. The number of amides is 3. The predicted molar refractivity (Wildman–Crippen MR) is 71.3 cm³/mol. The van der Waals surface area contributed by atoms with E-state index in [1.807, 2.05) is 6.92 Å². The number of rotatable bonds is 6. The van der Waals surface area contributed by atoms with Gasteiger partial charge in [-0.15, -0.1) is 0 Å². The van der Waals surface area contributed by atoms with Crippen LogP contribution in [0.5, 0.6) is 0 Å². The van der Waals surface area contributed by atoms with Gasteiger partial charge in [-0.05, 0) is 26.2 Å². The molecule has 1 aliphatic rings. The summed E-state index contributed by atoms with van der Waals surface area (Å²) in [5, 5.41) is 8.51. The summed E-state index contributed by atoms with van der Waals surface area (Å²) in [7, 11) is 0. The summed E-state index contributed by atoms with van der Waals surface area (Å²) in [6, 6.07) is 0.236. The van der Waals surface area contributed by atoms with Crippen LogP contribution in [0.2, 0.25) is 0 Å². The summed E-state index contributed by atoms with van der Waals surface area (Å²) in [5.41, 5.74) is 0. The number of hydrogen-bond acceptors (Lipinski definition) is 2. The van der Waals surface area contributed by atoms with Crippen molar-refractivity contribution >= 4 is 11.9 Å². The van der Waals surface area contributed by atoms with Crippen LogP contribution in [-0.2, 0) is 4.79 Å². The van der Waals surface area contributed by atoms with Gasteiger partial charge in [-0.25, -0.2) is 4.79 Å². The average molecular weight is 255 g/mol. The van der Waals surface area contributed by atoms with Gasteiger partial charge in [0.05, 0.1) is 0 Å². The monoisotopic (exact) mass is 255 g/mol. The quantitative estimate of drug-likeness (QED) is 0.630. The highest BCUT2D eigenvalue weighted by Crippen LogP contribution is 2.16. The Balaban J connectivity index is 2.01. The molecule has 0 bridgehead atoms. The van der Waals surface area contributed by atoms with Gasteiger partial charge in [-0.1, -0.05) is 19.3 Å². The summed E-state index contributed by atoms with van der Waals surface area (Å²) < 4.78 is 0. The number of carbonyl (C=O) groups is 2. The van der Waals surface area contributed by atoms with E-state index in [0.29, 0.717) is 32.0 Å². The zero-order valence-corrected chi connectivity index (χ0v) is 11.3. The second kappa shape index (κ2) is 8.78. The van der Waals surface area contributed by atoms with Gasteiger partial charge < -0.3 is 16.0 Å². The maximum absolute atomic E-state index is 11.6. The highest BCUT2D eigenvalue weighted by atomic mass is 16.2. The molecule has 5 heteroatoms. The van der Waals surface area contributed by atoms with Crippen molar-refractivity contribution in [3.63, 3.8) is 0 Å². The third kappa shape index (κ3) is 6.47. The zero-order chi connectivity index (χ0) is 13.2. The molecule has 0 aromatic carbocycles. The first kappa shape index (κ1) is 14.8. The predicted octanol–water partition coefficient (Wildman–Crippen LogP) is 1.53. The Labute approximate surface area is 109 Å². The van der Waals surface area contributed by atoms with E-state index in [-0.39, 0.29) is 11.9 Å². The Morgan fingerprint density at radius 3 is 2.50 bits per heavy atom. The van der Waals surface area contributed by atoms with Crippen molar-refractivity contribution < 1.29 is 9.59 Å². The first-order chi connectivity index (χ1) is 8.72. The van der Waals surface area contributed by atoms with Crippen molar-refractivity contribution in [2.45, 2.75) is 57.9 Å². The van der Waals surface area contributed by atoms with Crippen LogP contribution in [0.1, 0.15) is 51.9 Å². The maximum atomic E-state index is 11.6. The van der Waals surface area contributed by atoms with E-state index >= 15 is 0 Å². The fourth-order valence-corrected chi connectivity index (χ4v) is 2.22. The zero-order valence-electron chi connectivity index (χ0n) is 11.3. The molecule has 0 aromatic rings. The highest BCUT2D eigenvalue weighted by Gasteiger charge is 2.14.